The lowest BCUT2D eigenvalue weighted by atomic mass is 10.1. The third kappa shape index (κ3) is 4.58. The highest BCUT2D eigenvalue weighted by Crippen LogP contribution is 2.33. The Bertz CT molecular complexity index is 1290. The summed E-state index contributed by atoms with van der Waals surface area (Å²) in [5, 5.41) is 23.9. The molecule has 3 atom stereocenters. The maximum atomic E-state index is 10.5. The Labute approximate surface area is 192 Å². The molecule has 2 heterocycles. The van der Waals surface area contributed by atoms with Crippen LogP contribution in [0.25, 0.3) is 11.2 Å². The second kappa shape index (κ2) is 9.41. The zero-order chi connectivity index (χ0) is 22.6. The summed E-state index contributed by atoms with van der Waals surface area (Å²) >= 11 is 0. The van der Waals surface area contributed by atoms with E-state index in [9.17, 15) is 10.2 Å². The van der Waals surface area contributed by atoms with Crippen LogP contribution in [0.2, 0.25) is 0 Å². The van der Waals surface area contributed by atoms with E-state index < -0.39 is 12.2 Å². The standard InChI is InChI=1S/C26H25N5O2/c32-21-13-12-20(24(21)33)31-17-28-23-25(27-16-15-19-9-5-2-6-10-19)29-22(30-26(23)31)14-11-18-7-3-1-4-8-18/h1-10,17,20-21,24,32-33H,12-13,15-16H2,(H,27,29,30)/t20-,21?,24+/m1/s1. The third-order valence-corrected chi connectivity index (χ3v) is 5.97. The summed E-state index contributed by atoms with van der Waals surface area (Å²) in [6.45, 7) is 0.680. The van der Waals surface area contributed by atoms with Crippen molar-refractivity contribution in [1.82, 2.24) is 19.5 Å². The minimum atomic E-state index is -0.856. The molecule has 2 aromatic heterocycles. The average molecular weight is 440 g/mol. The molecule has 166 valence electrons. The van der Waals surface area contributed by atoms with E-state index in [-0.39, 0.29) is 6.04 Å². The molecule has 0 spiro atoms. The van der Waals surface area contributed by atoms with Gasteiger partial charge in [0.1, 0.15) is 6.10 Å². The molecular formula is C26H25N5O2. The Hall–Kier alpha value is -3.73. The number of aliphatic hydroxyl groups excluding tert-OH is 2. The molecule has 1 aliphatic carbocycles. The zero-order valence-corrected chi connectivity index (χ0v) is 18.1. The molecule has 1 saturated carbocycles. The summed E-state index contributed by atoms with van der Waals surface area (Å²) in [5.41, 5.74) is 3.33. The van der Waals surface area contributed by atoms with Crippen LogP contribution in [0.4, 0.5) is 5.82 Å². The van der Waals surface area contributed by atoms with Gasteiger partial charge >= 0.3 is 0 Å². The first-order valence-electron chi connectivity index (χ1n) is 11.1. The van der Waals surface area contributed by atoms with Gasteiger partial charge in [-0.2, -0.15) is 0 Å². The number of imidazole rings is 1. The van der Waals surface area contributed by atoms with E-state index in [1.54, 1.807) is 6.33 Å². The molecule has 3 N–H and O–H groups in total. The van der Waals surface area contributed by atoms with E-state index in [0.717, 1.165) is 12.0 Å². The number of nitrogens with zero attached hydrogens (tertiary/aromatic N) is 4. The van der Waals surface area contributed by atoms with Crippen molar-refractivity contribution in [1.29, 1.82) is 0 Å². The number of benzene rings is 2. The molecule has 0 aliphatic heterocycles. The maximum Gasteiger partial charge on any atom is 0.209 e. The van der Waals surface area contributed by atoms with Crippen LogP contribution in [-0.2, 0) is 6.42 Å². The van der Waals surface area contributed by atoms with Crippen molar-refractivity contribution in [3.63, 3.8) is 0 Å². The lowest BCUT2D eigenvalue weighted by molar-refractivity contribution is 0.0241. The van der Waals surface area contributed by atoms with Crippen LogP contribution >= 0.6 is 0 Å². The fourth-order valence-corrected chi connectivity index (χ4v) is 4.20. The first kappa shape index (κ1) is 21.1. The van der Waals surface area contributed by atoms with Gasteiger partial charge < -0.3 is 20.1 Å². The zero-order valence-electron chi connectivity index (χ0n) is 18.1. The number of nitrogens with one attached hydrogen (secondary N) is 1. The van der Waals surface area contributed by atoms with Crippen molar-refractivity contribution in [2.75, 3.05) is 11.9 Å². The number of fused-ring (bicyclic) bond motifs is 1. The van der Waals surface area contributed by atoms with Crippen LogP contribution in [0.15, 0.2) is 67.0 Å². The highest BCUT2D eigenvalue weighted by atomic mass is 16.3. The Kier molecular flexibility index (Phi) is 6.03. The highest BCUT2D eigenvalue weighted by Gasteiger charge is 2.35. The van der Waals surface area contributed by atoms with E-state index in [1.165, 1.54) is 5.56 Å². The second-order valence-electron chi connectivity index (χ2n) is 8.20. The SMILES string of the molecule is OC1CC[C@@H](n2cnc3c(NCCc4ccccc4)nc(C#Cc4ccccc4)nc32)[C@@H]1O. The van der Waals surface area contributed by atoms with E-state index in [0.29, 0.717) is 42.2 Å². The van der Waals surface area contributed by atoms with Crippen LogP contribution in [-0.4, -0.2) is 48.5 Å². The number of aromatic nitrogens is 4. The smallest absolute Gasteiger partial charge is 0.209 e. The molecule has 1 unspecified atom stereocenters. The summed E-state index contributed by atoms with van der Waals surface area (Å²) in [5.74, 6) is 7.16. The fourth-order valence-electron chi connectivity index (χ4n) is 4.20. The van der Waals surface area contributed by atoms with Gasteiger partial charge in [-0.05, 0) is 42.9 Å². The van der Waals surface area contributed by atoms with Crippen LogP contribution in [0.5, 0.6) is 0 Å². The average Bonchev–Trinajstić information content (AvgIpc) is 3.42. The molecule has 0 radical (unpaired) electrons. The quantitative estimate of drug-likeness (QED) is 0.414. The van der Waals surface area contributed by atoms with Crippen molar-refractivity contribution < 1.29 is 10.2 Å². The lowest BCUT2D eigenvalue weighted by Crippen LogP contribution is -2.27. The Balaban J connectivity index is 1.49. The van der Waals surface area contributed by atoms with Gasteiger partial charge in [-0.1, -0.05) is 54.5 Å². The van der Waals surface area contributed by atoms with Gasteiger partial charge in [0.05, 0.1) is 18.5 Å². The van der Waals surface area contributed by atoms with E-state index in [1.807, 2.05) is 53.1 Å². The van der Waals surface area contributed by atoms with Crippen molar-refractivity contribution in [3.8, 4) is 11.8 Å². The number of anilines is 1. The van der Waals surface area contributed by atoms with Crippen LogP contribution in [0.3, 0.4) is 0 Å². The molecule has 0 saturated heterocycles. The van der Waals surface area contributed by atoms with Gasteiger partial charge in [0.2, 0.25) is 5.82 Å². The first-order valence-corrected chi connectivity index (χ1v) is 11.1. The largest absolute Gasteiger partial charge is 0.390 e. The first-order chi connectivity index (χ1) is 16.2. The third-order valence-electron chi connectivity index (χ3n) is 5.97. The van der Waals surface area contributed by atoms with E-state index in [4.69, 9.17) is 0 Å². The van der Waals surface area contributed by atoms with E-state index >= 15 is 0 Å². The minimum absolute atomic E-state index is 0.285. The summed E-state index contributed by atoms with van der Waals surface area (Å²) in [6.07, 6.45) is 2.10. The Morgan fingerprint density at radius 3 is 2.42 bits per heavy atom. The molecule has 4 aromatic rings. The molecule has 33 heavy (non-hydrogen) atoms. The molecule has 7 heteroatoms. The monoisotopic (exact) mass is 439 g/mol. The van der Waals surface area contributed by atoms with Crippen molar-refractivity contribution in [3.05, 3.63) is 83.9 Å². The van der Waals surface area contributed by atoms with Gasteiger partial charge in [-0.25, -0.2) is 15.0 Å². The summed E-state index contributed by atoms with van der Waals surface area (Å²) < 4.78 is 1.84. The molecule has 1 fully saturated rings. The maximum absolute atomic E-state index is 10.5. The van der Waals surface area contributed by atoms with Crippen molar-refractivity contribution >= 4 is 17.0 Å². The molecule has 2 aromatic carbocycles. The summed E-state index contributed by atoms with van der Waals surface area (Å²) in [7, 11) is 0. The topological polar surface area (TPSA) is 96.1 Å². The lowest BCUT2D eigenvalue weighted by Gasteiger charge is -2.18. The van der Waals surface area contributed by atoms with Gasteiger partial charge in [-0.15, -0.1) is 0 Å². The predicted octanol–water partition coefficient (Wildman–Crippen LogP) is 2.94. The van der Waals surface area contributed by atoms with Crippen LogP contribution < -0.4 is 5.32 Å². The number of hydrogen-bond donors (Lipinski definition) is 3. The Morgan fingerprint density at radius 1 is 0.939 bits per heavy atom. The number of aliphatic hydroxyl groups is 2. The molecule has 7 nitrogen and oxygen atoms in total. The molecule has 0 amide bonds. The van der Waals surface area contributed by atoms with Crippen LogP contribution in [0, 0.1) is 11.8 Å². The van der Waals surface area contributed by atoms with Gasteiger partial charge in [0, 0.05) is 12.1 Å². The second-order valence-corrected chi connectivity index (χ2v) is 8.20. The predicted molar refractivity (Wildman–Crippen MR) is 127 cm³/mol. The molecule has 1 aliphatic rings. The van der Waals surface area contributed by atoms with Gasteiger partial charge in [0.25, 0.3) is 0 Å². The summed E-state index contributed by atoms with van der Waals surface area (Å²) in [6, 6.07) is 19.6. The number of rotatable bonds is 5. The normalized spacial score (nSPS) is 19.9. The van der Waals surface area contributed by atoms with Crippen molar-refractivity contribution in [2.45, 2.75) is 37.5 Å². The number of hydrogen-bond acceptors (Lipinski definition) is 6. The molecule has 5 rings (SSSR count). The van der Waals surface area contributed by atoms with Crippen LogP contribution in [0.1, 0.15) is 35.8 Å². The van der Waals surface area contributed by atoms with Gasteiger partial charge in [-0.3, -0.25) is 0 Å². The Morgan fingerprint density at radius 2 is 1.70 bits per heavy atom. The molecule has 0 bridgehead atoms. The van der Waals surface area contributed by atoms with Gasteiger partial charge in [0.15, 0.2) is 17.0 Å². The fraction of sp³-hybridized carbons (Fsp3) is 0.269. The van der Waals surface area contributed by atoms with Crippen molar-refractivity contribution in [2.24, 2.45) is 0 Å². The highest BCUT2D eigenvalue weighted by molar-refractivity contribution is 5.83. The summed E-state index contributed by atoms with van der Waals surface area (Å²) in [4.78, 5) is 13.8. The minimum Gasteiger partial charge on any atom is -0.390 e. The molecular weight excluding hydrogens is 414 g/mol. The van der Waals surface area contributed by atoms with E-state index in [2.05, 4.69) is 44.2 Å².